The Morgan fingerprint density at radius 1 is 0.439 bits per heavy atom. The van der Waals surface area contributed by atoms with Gasteiger partial charge in [-0.05, 0) is 38.5 Å². The molecule has 66 heavy (non-hydrogen) atoms. The second kappa shape index (κ2) is 49.5. The highest BCUT2D eigenvalue weighted by molar-refractivity contribution is 5.71. The fraction of sp³-hybridized carbons (Fsp3) is 0.912. The van der Waals surface area contributed by atoms with Crippen LogP contribution in [0.5, 0.6) is 0 Å². The Morgan fingerprint density at radius 3 is 1.12 bits per heavy atom. The summed E-state index contributed by atoms with van der Waals surface area (Å²) in [7, 11) is 5.97. The zero-order chi connectivity index (χ0) is 48.4. The first kappa shape index (κ1) is 64.0. The standard InChI is InChI=1S/C57H109NO8/c1-6-8-10-12-14-16-18-20-22-23-24-25-26-27-28-29-30-31-32-33-34-36-37-39-41-43-45-47-54(59)64-51-53(52-65-57(56(61)62)63-50-49-58(3,4)5)66-55(60)48-46-44-42-40-38-35-21-19-17-15-13-11-9-7-2/h19,21,53,57H,6-18,20,22-52H2,1-5H3/p+1/b21-19-. The predicted octanol–water partition coefficient (Wildman–Crippen LogP) is 16.2. The van der Waals surface area contributed by atoms with Crippen molar-refractivity contribution in [1.29, 1.82) is 0 Å². The Labute approximate surface area is 408 Å². The largest absolute Gasteiger partial charge is 0.477 e. The van der Waals surface area contributed by atoms with E-state index in [1.807, 2.05) is 21.1 Å². The lowest BCUT2D eigenvalue weighted by Crippen LogP contribution is -2.40. The van der Waals surface area contributed by atoms with Crippen LogP contribution in [0.15, 0.2) is 12.2 Å². The molecule has 9 heteroatoms. The molecule has 0 radical (unpaired) electrons. The van der Waals surface area contributed by atoms with Gasteiger partial charge < -0.3 is 28.5 Å². The van der Waals surface area contributed by atoms with E-state index in [0.29, 0.717) is 23.9 Å². The van der Waals surface area contributed by atoms with Crippen LogP contribution >= 0.6 is 0 Å². The van der Waals surface area contributed by atoms with Crippen LogP contribution in [0.25, 0.3) is 0 Å². The molecule has 0 aliphatic rings. The molecule has 0 aromatic rings. The van der Waals surface area contributed by atoms with Crippen molar-refractivity contribution < 1.29 is 42.9 Å². The van der Waals surface area contributed by atoms with E-state index in [1.165, 1.54) is 193 Å². The minimum atomic E-state index is -1.51. The summed E-state index contributed by atoms with van der Waals surface area (Å²) in [5.41, 5.74) is 0. The molecule has 0 spiro atoms. The van der Waals surface area contributed by atoms with E-state index < -0.39 is 24.3 Å². The molecule has 0 heterocycles. The van der Waals surface area contributed by atoms with Gasteiger partial charge >= 0.3 is 17.9 Å². The zero-order valence-corrected chi connectivity index (χ0v) is 44.4. The average molecular weight is 938 g/mol. The summed E-state index contributed by atoms with van der Waals surface area (Å²) in [5.74, 6) is -2.00. The molecule has 0 saturated heterocycles. The van der Waals surface area contributed by atoms with Gasteiger partial charge in [0, 0.05) is 12.8 Å². The third-order valence-electron chi connectivity index (χ3n) is 12.8. The Bertz CT molecular complexity index is 1090. The number of carbonyl (C=O) groups is 3. The lowest BCUT2D eigenvalue weighted by atomic mass is 10.0. The van der Waals surface area contributed by atoms with Crippen molar-refractivity contribution in [3.63, 3.8) is 0 Å². The smallest absolute Gasteiger partial charge is 0.361 e. The topological polar surface area (TPSA) is 108 Å². The maximum absolute atomic E-state index is 12.8. The van der Waals surface area contributed by atoms with Crippen molar-refractivity contribution in [3.8, 4) is 0 Å². The molecular formula is C57H110NO8+. The number of likely N-dealkylation sites (N-methyl/N-ethyl adjacent to an activating group) is 1. The summed E-state index contributed by atoms with van der Waals surface area (Å²) < 4.78 is 22.8. The Kier molecular flexibility index (Phi) is 48.0. The van der Waals surface area contributed by atoms with E-state index >= 15 is 0 Å². The van der Waals surface area contributed by atoms with Crippen LogP contribution in [0.2, 0.25) is 0 Å². The van der Waals surface area contributed by atoms with E-state index in [0.717, 1.165) is 51.4 Å². The lowest BCUT2D eigenvalue weighted by molar-refractivity contribution is -0.870. The molecule has 2 atom stereocenters. The molecule has 390 valence electrons. The minimum Gasteiger partial charge on any atom is -0.477 e. The summed E-state index contributed by atoms with van der Waals surface area (Å²) in [6, 6.07) is 0. The van der Waals surface area contributed by atoms with Crippen LogP contribution in [0.4, 0.5) is 0 Å². The quantitative estimate of drug-likeness (QED) is 0.0211. The number of carbonyl (C=O) groups excluding carboxylic acids is 2. The van der Waals surface area contributed by atoms with E-state index in [1.54, 1.807) is 0 Å². The Morgan fingerprint density at radius 2 is 0.773 bits per heavy atom. The Balaban J connectivity index is 4.12. The van der Waals surface area contributed by atoms with Gasteiger partial charge in [0.05, 0.1) is 34.4 Å². The SMILES string of the molecule is CCCCCCC/C=C\CCCCCCCC(=O)OC(COC(=O)CCCCCCCCCCCCCCCCCCCCCCCCCCCCC)COC(OCC[N+](C)(C)C)C(=O)O. The number of rotatable bonds is 53. The van der Waals surface area contributed by atoms with Crippen LogP contribution in [0.1, 0.15) is 277 Å². The third-order valence-corrected chi connectivity index (χ3v) is 12.8. The molecular weight excluding hydrogens is 827 g/mol. The molecule has 0 aliphatic carbocycles. The first-order valence-electron chi connectivity index (χ1n) is 28.4. The van der Waals surface area contributed by atoms with Gasteiger partial charge in [-0.25, -0.2) is 4.79 Å². The number of nitrogens with zero attached hydrogens (tertiary/aromatic N) is 1. The van der Waals surface area contributed by atoms with Crippen molar-refractivity contribution >= 4 is 17.9 Å². The van der Waals surface area contributed by atoms with Crippen LogP contribution in [-0.4, -0.2) is 87.4 Å². The normalized spacial score (nSPS) is 12.8. The molecule has 0 saturated carbocycles. The van der Waals surface area contributed by atoms with Gasteiger partial charge in [0.25, 0.3) is 6.29 Å². The van der Waals surface area contributed by atoms with Crippen molar-refractivity contribution in [1.82, 2.24) is 0 Å². The summed E-state index contributed by atoms with van der Waals surface area (Å²) in [4.78, 5) is 37.3. The van der Waals surface area contributed by atoms with Gasteiger partial charge in [0.15, 0.2) is 6.10 Å². The van der Waals surface area contributed by atoms with Crippen molar-refractivity contribution in [2.75, 3.05) is 47.5 Å². The van der Waals surface area contributed by atoms with Crippen molar-refractivity contribution in [2.24, 2.45) is 0 Å². The Hall–Kier alpha value is -1.97. The van der Waals surface area contributed by atoms with Gasteiger partial charge in [-0.15, -0.1) is 0 Å². The van der Waals surface area contributed by atoms with E-state index in [9.17, 15) is 19.5 Å². The first-order chi connectivity index (χ1) is 32.1. The number of quaternary nitrogens is 1. The van der Waals surface area contributed by atoms with Crippen molar-refractivity contribution in [2.45, 2.75) is 289 Å². The van der Waals surface area contributed by atoms with Gasteiger partial charge in [-0.2, -0.15) is 0 Å². The molecule has 0 aliphatic heterocycles. The van der Waals surface area contributed by atoms with Crippen LogP contribution in [0.3, 0.4) is 0 Å². The second-order valence-corrected chi connectivity index (χ2v) is 20.6. The number of esters is 2. The highest BCUT2D eigenvalue weighted by atomic mass is 16.7. The number of aliphatic carboxylic acids is 1. The second-order valence-electron chi connectivity index (χ2n) is 20.6. The molecule has 0 bridgehead atoms. The molecule has 2 unspecified atom stereocenters. The zero-order valence-electron chi connectivity index (χ0n) is 44.4. The molecule has 0 amide bonds. The van der Waals surface area contributed by atoms with Gasteiger partial charge in [0.1, 0.15) is 13.2 Å². The number of hydrogen-bond acceptors (Lipinski definition) is 7. The van der Waals surface area contributed by atoms with Gasteiger partial charge in [-0.1, -0.05) is 238 Å². The third kappa shape index (κ3) is 49.9. The minimum absolute atomic E-state index is 0.179. The maximum atomic E-state index is 12.8. The lowest BCUT2D eigenvalue weighted by Gasteiger charge is -2.25. The number of unbranched alkanes of at least 4 members (excludes halogenated alkanes) is 36. The van der Waals surface area contributed by atoms with E-state index in [2.05, 4.69) is 26.0 Å². The van der Waals surface area contributed by atoms with Gasteiger partial charge in [-0.3, -0.25) is 9.59 Å². The molecule has 0 aromatic heterocycles. The molecule has 0 aromatic carbocycles. The first-order valence-corrected chi connectivity index (χ1v) is 28.4. The van der Waals surface area contributed by atoms with Crippen LogP contribution in [-0.2, 0) is 33.3 Å². The number of ether oxygens (including phenoxy) is 4. The maximum Gasteiger partial charge on any atom is 0.361 e. The number of hydrogen-bond donors (Lipinski definition) is 1. The van der Waals surface area contributed by atoms with Gasteiger partial charge in [0.2, 0.25) is 0 Å². The fourth-order valence-electron chi connectivity index (χ4n) is 8.36. The highest BCUT2D eigenvalue weighted by Crippen LogP contribution is 2.17. The summed E-state index contributed by atoms with van der Waals surface area (Å²) in [6.45, 7) is 4.90. The number of carboxylic acid groups (broad SMARTS) is 1. The number of allylic oxidation sites excluding steroid dienone is 2. The fourth-order valence-corrected chi connectivity index (χ4v) is 8.36. The number of carboxylic acids is 1. The molecule has 0 fully saturated rings. The van der Waals surface area contributed by atoms with E-state index in [-0.39, 0.29) is 32.2 Å². The molecule has 1 N–H and O–H groups in total. The summed E-state index contributed by atoms with van der Waals surface area (Å²) in [6.07, 6.45) is 53.0. The summed E-state index contributed by atoms with van der Waals surface area (Å²) >= 11 is 0. The van der Waals surface area contributed by atoms with Crippen molar-refractivity contribution in [3.05, 3.63) is 12.2 Å². The molecule has 0 rings (SSSR count). The molecule has 9 nitrogen and oxygen atoms in total. The highest BCUT2D eigenvalue weighted by Gasteiger charge is 2.25. The van der Waals surface area contributed by atoms with Crippen LogP contribution < -0.4 is 0 Å². The van der Waals surface area contributed by atoms with E-state index in [4.69, 9.17) is 18.9 Å². The monoisotopic (exact) mass is 937 g/mol. The van der Waals surface area contributed by atoms with Crippen LogP contribution in [0, 0.1) is 0 Å². The predicted molar refractivity (Wildman–Crippen MR) is 277 cm³/mol. The average Bonchev–Trinajstić information content (AvgIpc) is 3.28. The summed E-state index contributed by atoms with van der Waals surface area (Å²) in [5, 5.41) is 9.67.